The summed E-state index contributed by atoms with van der Waals surface area (Å²) in [6.07, 6.45) is 0.0683. The fourth-order valence-electron chi connectivity index (χ4n) is 2.18. The molecule has 10 heteroatoms. The van der Waals surface area contributed by atoms with Crippen LogP contribution < -0.4 is 10.0 Å². The summed E-state index contributed by atoms with van der Waals surface area (Å²) in [4.78, 5) is 26.6. The van der Waals surface area contributed by atoms with Crippen LogP contribution in [0.25, 0.3) is 0 Å². The van der Waals surface area contributed by atoms with Crippen LogP contribution in [0.1, 0.15) is 12.0 Å². The molecule has 1 fully saturated rings. The van der Waals surface area contributed by atoms with E-state index in [1.807, 2.05) is 6.07 Å². The van der Waals surface area contributed by atoms with Gasteiger partial charge in [0.1, 0.15) is 11.8 Å². The van der Waals surface area contributed by atoms with E-state index in [1.165, 1.54) is 18.2 Å². The third-order valence-corrected chi connectivity index (χ3v) is 4.51. The Kier molecular flexibility index (Phi) is 4.94. The van der Waals surface area contributed by atoms with Gasteiger partial charge in [0.25, 0.3) is 5.91 Å². The Morgan fingerprint density at radius 2 is 2.00 bits per heavy atom. The minimum atomic E-state index is -3.66. The van der Waals surface area contributed by atoms with Gasteiger partial charge in [0.05, 0.1) is 22.0 Å². The van der Waals surface area contributed by atoms with Crippen LogP contribution in [-0.2, 0) is 14.8 Å². The summed E-state index contributed by atoms with van der Waals surface area (Å²) in [6, 6.07) is 5.35. The first-order valence-electron chi connectivity index (χ1n) is 6.70. The van der Waals surface area contributed by atoms with Crippen LogP contribution in [0, 0.1) is 11.3 Å². The number of hydrogen-bond acceptors (Lipinski definition) is 5. The number of halogens is 1. The van der Waals surface area contributed by atoms with Crippen LogP contribution in [0.2, 0.25) is 5.02 Å². The van der Waals surface area contributed by atoms with E-state index >= 15 is 0 Å². The summed E-state index contributed by atoms with van der Waals surface area (Å²) in [5.41, 5.74) is 0.336. The van der Waals surface area contributed by atoms with Crippen molar-refractivity contribution in [2.24, 2.45) is 5.14 Å². The van der Waals surface area contributed by atoms with E-state index in [2.05, 4.69) is 6.58 Å². The number of rotatable bonds is 5. The molecule has 3 amide bonds. The van der Waals surface area contributed by atoms with Crippen molar-refractivity contribution in [1.29, 1.82) is 5.26 Å². The van der Waals surface area contributed by atoms with Gasteiger partial charge in [-0.1, -0.05) is 18.2 Å². The molecule has 0 radical (unpaired) electrons. The molecule has 0 aliphatic carbocycles. The van der Waals surface area contributed by atoms with E-state index in [-0.39, 0.29) is 40.7 Å². The average Bonchev–Trinajstić information content (AvgIpc) is 2.69. The topological polar surface area (TPSA) is 125 Å². The molecule has 0 saturated carbocycles. The Morgan fingerprint density at radius 3 is 2.54 bits per heavy atom. The standard InChI is InChI=1S/C14H13ClN4O4S/c1-9-13(20)19(11-4-3-10(8-16)12(15)7-11)14(21)18(9)5-2-6-24(17,22)23/h3-4,7H,1-2,5-6H2,(H2,17,22,23). The third kappa shape index (κ3) is 3.56. The molecule has 2 rings (SSSR count). The quantitative estimate of drug-likeness (QED) is 0.617. The number of benzene rings is 1. The minimum absolute atomic E-state index is 0.0135. The highest BCUT2D eigenvalue weighted by molar-refractivity contribution is 7.89. The van der Waals surface area contributed by atoms with Gasteiger partial charge >= 0.3 is 6.03 Å². The van der Waals surface area contributed by atoms with Crippen LogP contribution in [0.5, 0.6) is 0 Å². The van der Waals surface area contributed by atoms with Crippen LogP contribution in [0.4, 0.5) is 10.5 Å². The summed E-state index contributed by atoms with van der Waals surface area (Å²) in [6.45, 7) is 3.55. The first kappa shape index (κ1) is 17.9. The number of sulfonamides is 1. The van der Waals surface area contributed by atoms with Crippen molar-refractivity contribution in [3.63, 3.8) is 0 Å². The van der Waals surface area contributed by atoms with Gasteiger partial charge in [0.2, 0.25) is 10.0 Å². The third-order valence-electron chi connectivity index (χ3n) is 3.34. The SMILES string of the molecule is C=C1C(=O)N(c2ccc(C#N)c(Cl)c2)C(=O)N1CCCS(N)(=O)=O. The fourth-order valence-corrected chi connectivity index (χ4v) is 2.93. The predicted octanol–water partition coefficient (Wildman–Crippen LogP) is 1.17. The second-order valence-electron chi connectivity index (χ2n) is 5.02. The van der Waals surface area contributed by atoms with Crippen molar-refractivity contribution < 1.29 is 18.0 Å². The van der Waals surface area contributed by atoms with Gasteiger partial charge in [-0.3, -0.25) is 9.69 Å². The van der Waals surface area contributed by atoms with Gasteiger partial charge < -0.3 is 0 Å². The number of carbonyl (C=O) groups is 2. The smallest absolute Gasteiger partial charge is 0.289 e. The van der Waals surface area contributed by atoms with Crippen molar-refractivity contribution in [3.05, 3.63) is 41.1 Å². The van der Waals surface area contributed by atoms with Crippen molar-refractivity contribution >= 4 is 39.2 Å². The van der Waals surface area contributed by atoms with Gasteiger partial charge in [0.15, 0.2) is 0 Å². The Hall–Kier alpha value is -2.41. The van der Waals surface area contributed by atoms with E-state index in [0.29, 0.717) is 0 Å². The molecule has 8 nitrogen and oxygen atoms in total. The van der Waals surface area contributed by atoms with Crippen molar-refractivity contribution in [2.75, 3.05) is 17.2 Å². The Bertz CT molecular complexity index is 875. The summed E-state index contributed by atoms with van der Waals surface area (Å²) in [5.74, 6) is -0.961. The van der Waals surface area contributed by atoms with Crippen molar-refractivity contribution in [3.8, 4) is 6.07 Å². The van der Waals surface area contributed by atoms with E-state index in [1.54, 1.807) is 0 Å². The number of nitrogens with zero attached hydrogens (tertiary/aromatic N) is 3. The number of carbonyl (C=O) groups excluding carboxylic acids is 2. The molecule has 0 spiro atoms. The Morgan fingerprint density at radius 1 is 1.33 bits per heavy atom. The normalized spacial score (nSPS) is 15.1. The maximum absolute atomic E-state index is 12.4. The average molecular weight is 369 g/mol. The van der Waals surface area contributed by atoms with Gasteiger partial charge in [-0.2, -0.15) is 5.26 Å². The van der Waals surface area contributed by atoms with Crippen LogP contribution in [-0.4, -0.2) is 37.6 Å². The van der Waals surface area contributed by atoms with Crippen molar-refractivity contribution in [2.45, 2.75) is 6.42 Å². The van der Waals surface area contributed by atoms with E-state index in [0.717, 1.165) is 9.80 Å². The maximum Gasteiger partial charge on any atom is 0.336 e. The van der Waals surface area contributed by atoms with E-state index < -0.39 is 22.0 Å². The minimum Gasteiger partial charge on any atom is -0.289 e. The van der Waals surface area contributed by atoms with E-state index in [9.17, 15) is 18.0 Å². The summed E-state index contributed by atoms with van der Waals surface area (Å²) < 4.78 is 21.9. The number of nitriles is 1. The number of hydrogen-bond donors (Lipinski definition) is 1. The van der Waals surface area contributed by atoms with Gasteiger partial charge in [0, 0.05) is 6.54 Å². The largest absolute Gasteiger partial charge is 0.336 e. The summed E-state index contributed by atoms with van der Waals surface area (Å²) >= 11 is 5.92. The lowest BCUT2D eigenvalue weighted by Crippen LogP contribution is -2.34. The molecule has 126 valence electrons. The highest BCUT2D eigenvalue weighted by Gasteiger charge is 2.40. The lowest BCUT2D eigenvalue weighted by molar-refractivity contribution is -0.114. The molecule has 2 N–H and O–H groups in total. The molecule has 1 saturated heterocycles. The van der Waals surface area contributed by atoms with Gasteiger partial charge in [-0.25, -0.2) is 23.3 Å². The zero-order valence-corrected chi connectivity index (χ0v) is 14.0. The van der Waals surface area contributed by atoms with Gasteiger partial charge in [-0.05, 0) is 24.6 Å². The number of imide groups is 1. The number of anilines is 1. The highest BCUT2D eigenvalue weighted by atomic mass is 35.5. The molecule has 1 aliphatic rings. The first-order chi connectivity index (χ1) is 11.2. The monoisotopic (exact) mass is 368 g/mol. The lowest BCUT2D eigenvalue weighted by Gasteiger charge is -2.17. The number of nitrogens with two attached hydrogens (primary N) is 1. The molecule has 1 aromatic carbocycles. The predicted molar refractivity (Wildman–Crippen MR) is 87.5 cm³/mol. The molecule has 1 aliphatic heterocycles. The molecule has 0 atom stereocenters. The zero-order valence-electron chi connectivity index (χ0n) is 12.4. The molecule has 0 unspecified atom stereocenters. The van der Waals surface area contributed by atoms with E-state index in [4.69, 9.17) is 22.0 Å². The number of amides is 3. The van der Waals surface area contributed by atoms with Crippen LogP contribution >= 0.6 is 11.6 Å². The molecule has 0 bridgehead atoms. The highest BCUT2D eigenvalue weighted by Crippen LogP contribution is 2.29. The lowest BCUT2D eigenvalue weighted by atomic mass is 10.2. The number of urea groups is 1. The molecular weight excluding hydrogens is 356 g/mol. The van der Waals surface area contributed by atoms with Gasteiger partial charge in [-0.15, -0.1) is 0 Å². The van der Waals surface area contributed by atoms with Crippen LogP contribution in [0.3, 0.4) is 0 Å². The molecular formula is C14H13ClN4O4S. The Labute approximate surface area is 143 Å². The summed E-state index contributed by atoms with van der Waals surface area (Å²) in [7, 11) is -3.66. The second-order valence-corrected chi connectivity index (χ2v) is 7.16. The number of primary sulfonamides is 1. The van der Waals surface area contributed by atoms with Crippen LogP contribution in [0.15, 0.2) is 30.5 Å². The summed E-state index contributed by atoms with van der Waals surface area (Å²) in [5, 5.41) is 13.9. The molecule has 1 heterocycles. The zero-order chi connectivity index (χ0) is 18.1. The van der Waals surface area contributed by atoms with Crippen molar-refractivity contribution in [1.82, 2.24) is 4.90 Å². The molecule has 24 heavy (non-hydrogen) atoms. The Balaban J connectivity index is 2.23. The maximum atomic E-state index is 12.4. The first-order valence-corrected chi connectivity index (χ1v) is 8.80. The fraction of sp³-hybridized carbons (Fsp3) is 0.214. The second kappa shape index (κ2) is 6.60. The molecule has 0 aromatic heterocycles. The molecule has 1 aromatic rings.